The van der Waals surface area contributed by atoms with Crippen LogP contribution in [0.3, 0.4) is 0 Å². The number of amides is 1. The summed E-state index contributed by atoms with van der Waals surface area (Å²) in [6.45, 7) is -0.608. The largest absolute Gasteiger partial charge is 0.458 e. The van der Waals surface area contributed by atoms with Crippen LogP contribution in [0.4, 0.5) is 0 Å². The van der Waals surface area contributed by atoms with Crippen molar-refractivity contribution in [3.8, 4) is 10.6 Å². The summed E-state index contributed by atoms with van der Waals surface area (Å²) in [5.74, 6) is -1.18. The van der Waals surface area contributed by atoms with Crippen LogP contribution >= 0.6 is 11.3 Å². The zero-order chi connectivity index (χ0) is 19.2. The molecule has 0 saturated heterocycles. The van der Waals surface area contributed by atoms with Crippen LogP contribution in [0.2, 0.25) is 0 Å². The maximum absolute atomic E-state index is 12.2. The van der Waals surface area contributed by atoms with E-state index < -0.39 is 24.5 Å². The van der Waals surface area contributed by atoms with Crippen molar-refractivity contribution in [2.45, 2.75) is 12.6 Å². The second-order valence-corrected chi connectivity index (χ2v) is 6.59. The first-order valence-electron chi connectivity index (χ1n) is 8.13. The molecule has 0 aliphatic carbocycles. The molecule has 27 heavy (non-hydrogen) atoms. The quantitative estimate of drug-likeness (QED) is 0.594. The highest BCUT2D eigenvalue weighted by Gasteiger charge is 2.22. The number of carbonyl (C=O) groups excluding carboxylic acids is 2. The SMILES string of the molecule is Cn1cc(-c2nc(COC(=O)C(CO)NC(=O)c3ccccc3)cs2)cn1. The molecule has 1 amide bonds. The van der Waals surface area contributed by atoms with E-state index in [0.29, 0.717) is 11.3 Å². The van der Waals surface area contributed by atoms with E-state index in [2.05, 4.69) is 15.4 Å². The topological polar surface area (TPSA) is 106 Å². The average molecular weight is 386 g/mol. The minimum Gasteiger partial charge on any atom is -0.458 e. The molecule has 140 valence electrons. The van der Waals surface area contributed by atoms with Crippen LogP contribution in [0.15, 0.2) is 48.1 Å². The van der Waals surface area contributed by atoms with Gasteiger partial charge in [-0.1, -0.05) is 18.2 Å². The number of carbonyl (C=O) groups is 2. The fourth-order valence-electron chi connectivity index (χ4n) is 2.29. The molecule has 9 heteroatoms. The molecule has 0 saturated carbocycles. The van der Waals surface area contributed by atoms with Crippen molar-refractivity contribution in [3.63, 3.8) is 0 Å². The molecule has 3 aromatic rings. The van der Waals surface area contributed by atoms with Gasteiger partial charge in [-0.3, -0.25) is 9.48 Å². The number of ether oxygens (including phenoxy) is 1. The zero-order valence-electron chi connectivity index (χ0n) is 14.5. The number of aromatic nitrogens is 3. The maximum Gasteiger partial charge on any atom is 0.331 e. The lowest BCUT2D eigenvalue weighted by molar-refractivity contribution is -0.148. The number of esters is 1. The van der Waals surface area contributed by atoms with E-state index in [1.54, 1.807) is 46.6 Å². The third-order valence-electron chi connectivity index (χ3n) is 3.67. The van der Waals surface area contributed by atoms with Gasteiger partial charge in [0, 0.05) is 29.8 Å². The average Bonchev–Trinajstić information content (AvgIpc) is 3.33. The fourth-order valence-corrected chi connectivity index (χ4v) is 3.07. The molecule has 2 aromatic heterocycles. The highest BCUT2D eigenvalue weighted by atomic mass is 32.1. The van der Waals surface area contributed by atoms with Crippen LogP contribution in [-0.4, -0.2) is 44.4 Å². The Kier molecular flexibility index (Phi) is 5.94. The van der Waals surface area contributed by atoms with Crippen LogP contribution < -0.4 is 5.32 Å². The Balaban J connectivity index is 1.56. The van der Waals surface area contributed by atoms with E-state index >= 15 is 0 Å². The molecule has 1 atom stereocenters. The molecule has 0 bridgehead atoms. The Labute approximate surface area is 159 Å². The van der Waals surface area contributed by atoms with Crippen LogP contribution in [-0.2, 0) is 23.2 Å². The molecule has 0 spiro atoms. The smallest absolute Gasteiger partial charge is 0.331 e. The number of nitrogens with one attached hydrogen (secondary N) is 1. The molecule has 2 N–H and O–H groups in total. The van der Waals surface area contributed by atoms with Crippen LogP contribution in [0, 0.1) is 0 Å². The second-order valence-electron chi connectivity index (χ2n) is 5.73. The number of hydrogen-bond donors (Lipinski definition) is 2. The van der Waals surface area contributed by atoms with Crippen LogP contribution in [0.1, 0.15) is 16.1 Å². The summed E-state index contributed by atoms with van der Waals surface area (Å²) in [4.78, 5) is 28.7. The third kappa shape index (κ3) is 4.78. The molecule has 0 aliphatic rings. The molecule has 2 heterocycles. The van der Waals surface area contributed by atoms with Crippen molar-refractivity contribution >= 4 is 23.2 Å². The van der Waals surface area contributed by atoms with Gasteiger partial charge in [0.1, 0.15) is 11.6 Å². The van der Waals surface area contributed by atoms with E-state index in [-0.39, 0.29) is 6.61 Å². The molecule has 1 aromatic carbocycles. The third-order valence-corrected chi connectivity index (χ3v) is 4.61. The van der Waals surface area contributed by atoms with Gasteiger partial charge < -0.3 is 15.2 Å². The first-order valence-corrected chi connectivity index (χ1v) is 9.01. The van der Waals surface area contributed by atoms with Crippen LogP contribution in [0.5, 0.6) is 0 Å². The van der Waals surface area contributed by atoms with E-state index in [1.807, 2.05) is 13.2 Å². The number of thiazole rings is 1. The van der Waals surface area contributed by atoms with Crippen LogP contribution in [0.25, 0.3) is 10.6 Å². The fraction of sp³-hybridized carbons (Fsp3) is 0.222. The standard InChI is InChI=1S/C18H18N4O4S/c1-22-8-13(7-19-22)17-20-14(11-27-17)10-26-18(25)15(9-23)21-16(24)12-5-3-2-4-6-12/h2-8,11,15,23H,9-10H2,1H3,(H,21,24). The highest BCUT2D eigenvalue weighted by Crippen LogP contribution is 2.23. The minimum atomic E-state index is -1.14. The summed E-state index contributed by atoms with van der Waals surface area (Å²) >= 11 is 1.41. The first-order chi connectivity index (χ1) is 13.1. The van der Waals surface area contributed by atoms with Gasteiger partial charge in [0.2, 0.25) is 0 Å². The van der Waals surface area contributed by atoms with E-state index in [4.69, 9.17) is 4.74 Å². The zero-order valence-corrected chi connectivity index (χ0v) is 15.3. The summed E-state index contributed by atoms with van der Waals surface area (Å²) in [5.41, 5.74) is 1.85. The normalized spacial score (nSPS) is 11.8. The first kappa shape index (κ1) is 18.7. The monoisotopic (exact) mass is 386 g/mol. The molecule has 0 fully saturated rings. The molecule has 0 aliphatic heterocycles. The van der Waals surface area contributed by atoms with Crippen molar-refractivity contribution in [2.24, 2.45) is 7.05 Å². The van der Waals surface area contributed by atoms with Gasteiger partial charge in [-0.15, -0.1) is 11.3 Å². The number of aliphatic hydroxyl groups is 1. The lowest BCUT2D eigenvalue weighted by Gasteiger charge is -2.15. The van der Waals surface area contributed by atoms with Crippen molar-refractivity contribution < 1.29 is 19.4 Å². The van der Waals surface area contributed by atoms with Crippen molar-refractivity contribution in [1.29, 1.82) is 0 Å². The van der Waals surface area contributed by atoms with Gasteiger partial charge in [-0.2, -0.15) is 5.10 Å². The van der Waals surface area contributed by atoms with E-state index in [0.717, 1.165) is 10.6 Å². The molecule has 1 unspecified atom stereocenters. The molecular weight excluding hydrogens is 368 g/mol. The summed E-state index contributed by atoms with van der Waals surface area (Å²) in [6.07, 6.45) is 3.55. The highest BCUT2D eigenvalue weighted by molar-refractivity contribution is 7.13. The Bertz CT molecular complexity index is 922. The van der Waals surface area contributed by atoms with E-state index in [1.165, 1.54) is 11.3 Å². The Morgan fingerprint density at radius 3 is 2.78 bits per heavy atom. The van der Waals surface area contributed by atoms with Gasteiger partial charge in [0.05, 0.1) is 18.5 Å². The van der Waals surface area contributed by atoms with Gasteiger partial charge in [0.25, 0.3) is 5.91 Å². The number of aryl methyl sites for hydroxylation is 1. The molecule has 0 radical (unpaired) electrons. The van der Waals surface area contributed by atoms with Crippen molar-refractivity contribution in [1.82, 2.24) is 20.1 Å². The van der Waals surface area contributed by atoms with Gasteiger partial charge >= 0.3 is 5.97 Å². The molecule has 8 nitrogen and oxygen atoms in total. The van der Waals surface area contributed by atoms with Crippen molar-refractivity contribution in [3.05, 3.63) is 59.4 Å². The number of rotatable bonds is 7. The summed E-state index contributed by atoms with van der Waals surface area (Å²) < 4.78 is 6.86. The molecule has 3 rings (SSSR count). The number of benzene rings is 1. The minimum absolute atomic E-state index is 0.0483. The van der Waals surface area contributed by atoms with Gasteiger partial charge in [0.15, 0.2) is 6.04 Å². The lowest BCUT2D eigenvalue weighted by Crippen LogP contribution is -2.44. The Hall–Kier alpha value is -3.04. The maximum atomic E-state index is 12.2. The van der Waals surface area contributed by atoms with Gasteiger partial charge in [-0.25, -0.2) is 9.78 Å². The second kappa shape index (κ2) is 8.56. The number of nitrogens with zero attached hydrogens (tertiary/aromatic N) is 3. The van der Waals surface area contributed by atoms with Gasteiger partial charge in [-0.05, 0) is 12.1 Å². The van der Waals surface area contributed by atoms with Crippen molar-refractivity contribution in [2.75, 3.05) is 6.61 Å². The molecular formula is C18H18N4O4S. The summed E-state index contributed by atoms with van der Waals surface area (Å²) in [5, 5.41) is 18.5. The summed E-state index contributed by atoms with van der Waals surface area (Å²) in [7, 11) is 1.82. The number of hydrogen-bond acceptors (Lipinski definition) is 7. The number of aliphatic hydroxyl groups excluding tert-OH is 1. The predicted molar refractivity (Wildman–Crippen MR) is 98.9 cm³/mol. The Morgan fingerprint density at radius 1 is 1.33 bits per heavy atom. The van der Waals surface area contributed by atoms with E-state index in [9.17, 15) is 14.7 Å². The summed E-state index contributed by atoms with van der Waals surface area (Å²) in [6, 6.07) is 7.29. The lowest BCUT2D eigenvalue weighted by atomic mass is 10.2. The Morgan fingerprint density at radius 2 is 2.11 bits per heavy atom. The predicted octanol–water partition coefficient (Wildman–Crippen LogP) is 1.38.